The van der Waals surface area contributed by atoms with Crippen LogP contribution in [-0.2, 0) is 0 Å². The molecule has 6 nitrogen and oxygen atoms in total. The van der Waals surface area contributed by atoms with E-state index in [9.17, 15) is 9.90 Å². The van der Waals surface area contributed by atoms with Crippen LogP contribution in [0, 0.1) is 0 Å². The van der Waals surface area contributed by atoms with Crippen LogP contribution in [0.3, 0.4) is 0 Å². The Morgan fingerprint density at radius 2 is 2.20 bits per heavy atom. The molecule has 0 aliphatic carbocycles. The summed E-state index contributed by atoms with van der Waals surface area (Å²) >= 11 is 3.23. The van der Waals surface area contributed by atoms with Gasteiger partial charge < -0.3 is 20.9 Å². The highest BCUT2D eigenvalue weighted by Crippen LogP contribution is 2.26. The first-order valence-corrected chi connectivity index (χ1v) is 7.10. The van der Waals surface area contributed by atoms with E-state index in [0.717, 1.165) is 12.8 Å². The minimum Gasteiger partial charge on any atom is -0.507 e. The van der Waals surface area contributed by atoms with Gasteiger partial charge in [-0.3, -0.25) is 4.79 Å². The number of likely N-dealkylation sites (tertiary alicyclic amines) is 1. The first-order valence-electron chi connectivity index (χ1n) is 6.31. The molecule has 4 N–H and O–H groups in total. The van der Waals surface area contributed by atoms with Gasteiger partial charge in [0.05, 0.1) is 11.6 Å². The monoisotopic (exact) mass is 341 g/mol. The number of nitrogens with zero attached hydrogens (tertiary/aromatic N) is 2. The molecular formula is C13H16BrN3O3. The number of oxime groups is 1. The Bertz CT molecular complexity index is 548. The number of phenols is 1. The summed E-state index contributed by atoms with van der Waals surface area (Å²) in [6.07, 6.45) is 2.42. The molecule has 1 amide bonds. The zero-order valence-corrected chi connectivity index (χ0v) is 12.4. The number of benzene rings is 1. The molecular weight excluding hydrogens is 326 g/mol. The molecule has 1 atom stereocenters. The molecule has 0 aromatic heterocycles. The van der Waals surface area contributed by atoms with Crippen molar-refractivity contribution < 1.29 is 15.1 Å². The molecule has 7 heteroatoms. The number of carbonyl (C=O) groups is 1. The van der Waals surface area contributed by atoms with Crippen molar-refractivity contribution in [2.45, 2.75) is 25.3 Å². The average molecular weight is 342 g/mol. The largest absolute Gasteiger partial charge is 0.507 e. The van der Waals surface area contributed by atoms with Gasteiger partial charge in [-0.2, -0.15) is 0 Å². The molecule has 1 aliphatic rings. The maximum Gasteiger partial charge on any atom is 0.258 e. The Labute approximate surface area is 125 Å². The fraction of sp³-hybridized carbons (Fsp3) is 0.385. The number of amides is 1. The van der Waals surface area contributed by atoms with Crippen molar-refractivity contribution in [2.24, 2.45) is 10.9 Å². The van der Waals surface area contributed by atoms with Gasteiger partial charge in [-0.25, -0.2) is 0 Å². The third-order valence-electron chi connectivity index (χ3n) is 3.41. The van der Waals surface area contributed by atoms with Gasteiger partial charge in [0, 0.05) is 11.0 Å². The molecule has 2 rings (SSSR count). The Kier molecular flexibility index (Phi) is 4.49. The van der Waals surface area contributed by atoms with Crippen LogP contribution < -0.4 is 5.73 Å². The van der Waals surface area contributed by atoms with Crippen LogP contribution in [0.2, 0.25) is 0 Å². The number of nitrogens with two attached hydrogens (primary N) is 1. The molecule has 1 unspecified atom stereocenters. The zero-order valence-electron chi connectivity index (χ0n) is 10.8. The van der Waals surface area contributed by atoms with Crippen molar-refractivity contribution in [2.75, 3.05) is 6.54 Å². The van der Waals surface area contributed by atoms with E-state index < -0.39 is 6.04 Å². The van der Waals surface area contributed by atoms with Crippen LogP contribution in [0.4, 0.5) is 0 Å². The Hall–Kier alpha value is -1.76. The van der Waals surface area contributed by atoms with Crippen LogP contribution in [-0.4, -0.2) is 39.5 Å². The predicted molar refractivity (Wildman–Crippen MR) is 77.9 cm³/mol. The van der Waals surface area contributed by atoms with E-state index in [1.165, 1.54) is 6.07 Å². The topological polar surface area (TPSA) is 99.2 Å². The number of phenolic OH excluding ortho intramolecular Hbond substituents is 1. The van der Waals surface area contributed by atoms with Crippen molar-refractivity contribution in [1.29, 1.82) is 0 Å². The maximum absolute atomic E-state index is 12.5. The summed E-state index contributed by atoms with van der Waals surface area (Å²) in [5, 5.41) is 21.7. The fourth-order valence-electron chi connectivity index (χ4n) is 2.39. The lowest BCUT2D eigenvalue weighted by Crippen LogP contribution is -2.50. The lowest BCUT2D eigenvalue weighted by molar-refractivity contribution is 0.0673. The molecule has 1 aromatic carbocycles. The molecule has 1 fully saturated rings. The second-order valence-electron chi connectivity index (χ2n) is 4.70. The molecule has 1 aliphatic heterocycles. The molecule has 0 saturated carbocycles. The molecule has 0 bridgehead atoms. The number of rotatable bonds is 2. The smallest absolute Gasteiger partial charge is 0.258 e. The van der Waals surface area contributed by atoms with Crippen LogP contribution in [0.5, 0.6) is 5.75 Å². The van der Waals surface area contributed by atoms with Crippen molar-refractivity contribution >= 4 is 27.7 Å². The number of hydrogen-bond acceptors (Lipinski definition) is 4. The molecule has 1 aromatic rings. The first-order chi connectivity index (χ1) is 9.54. The van der Waals surface area contributed by atoms with Crippen LogP contribution in [0.15, 0.2) is 27.8 Å². The molecule has 0 spiro atoms. The fourth-order valence-corrected chi connectivity index (χ4v) is 2.74. The summed E-state index contributed by atoms with van der Waals surface area (Å²) in [7, 11) is 0. The van der Waals surface area contributed by atoms with E-state index in [1.807, 2.05) is 0 Å². The van der Waals surface area contributed by atoms with Crippen LogP contribution >= 0.6 is 15.9 Å². The highest BCUT2D eigenvalue weighted by atomic mass is 79.9. The number of halogens is 1. The van der Waals surface area contributed by atoms with Gasteiger partial charge in [-0.05, 0) is 37.5 Å². The average Bonchev–Trinajstić information content (AvgIpc) is 2.46. The number of aromatic hydroxyl groups is 1. The van der Waals surface area contributed by atoms with Crippen LogP contribution in [0.25, 0.3) is 0 Å². The van der Waals surface area contributed by atoms with E-state index in [1.54, 1.807) is 17.0 Å². The van der Waals surface area contributed by atoms with E-state index in [4.69, 9.17) is 10.9 Å². The van der Waals surface area contributed by atoms with E-state index in [-0.39, 0.29) is 23.1 Å². The number of amidine groups is 1. The summed E-state index contributed by atoms with van der Waals surface area (Å²) in [5.74, 6) is -0.380. The zero-order chi connectivity index (χ0) is 14.7. The van der Waals surface area contributed by atoms with E-state index in [0.29, 0.717) is 17.4 Å². The standard InChI is InChI=1S/C13H16BrN3O3/c14-8-4-5-9(11(18)7-8)13(19)17-6-2-1-3-10(17)12(15)16-20/h4-5,7,10,18,20H,1-3,6H2,(H2,15,16). The van der Waals surface area contributed by atoms with Gasteiger partial charge in [0.25, 0.3) is 5.91 Å². The summed E-state index contributed by atoms with van der Waals surface area (Å²) in [6, 6.07) is 4.29. The quantitative estimate of drug-likeness (QED) is 0.331. The number of hydrogen-bond donors (Lipinski definition) is 3. The third-order valence-corrected chi connectivity index (χ3v) is 3.90. The highest BCUT2D eigenvalue weighted by Gasteiger charge is 2.31. The Morgan fingerprint density at radius 1 is 1.45 bits per heavy atom. The first kappa shape index (κ1) is 14.6. The maximum atomic E-state index is 12.5. The lowest BCUT2D eigenvalue weighted by atomic mass is 10.00. The second-order valence-corrected chi connectivity index (χ2v) is 5.61. The van der Waals surface area contributed by atoms with Gasteiger partial charge in [0.2, 0.25) is 0 Å². The van der Waals surface area contributed by atoms with E-state index in [2.05, 4.69) is 21.1 Å². The minimum atomic E-state index is -0.427. The van der Waals surface area contributed by atoms with Gasteiger partial charge in [-0.1, -0.05) is 21.1 Å². The molecule has 0 radical (unpaired) electrons. The SMILES string of the molecule is NC(=NO)C1CCCCN1C(=O)c1ccc(Br)cc1O. The predicted octanol–water partition coefficient (Wildman–Crippen LogP) is 1.90. The van der Waals surface area contributed by atoms with Crippen LogP contribution in [0.1, 0.15) is 29.6 Å². The number of carbonyl (C=O) groups excluding carboxylic acids is 1. The van der Waals surface area contributed by atoms with Crippen molar-refractivity contribution in [3.05, 3.63) is 28.2 Å². The summed E-state index contributed by atoms with van der Waals surface area (Å²) in [4.78, 5) is 14.1. The molecule has 1 saturated heterocycles. The minimum absolute atomic E-state index is 0.0228. The summed E-state index contributed by atoms with van der Waals surface area (Å²) < 4.78 is 0.693. The van der Waals surface area contributed by atoms with Gasteiger partial charge in [0.15, 0.2) is 5.84 Å². The third kappa shape index (κ3) is 2.87. The van der Waals surface area contributed by atoms with Crippen molar-refractivity contribution in [1.82, 2.24) is 4.90 Å². The lowest BCUT2D eigenvalue weighted by Gasteiger charge is -2.34. The molecule has 1 heterocycles. The van der Waals surface area contributed by atoms with Gasteiger partial charge in [0.1, 0.15) is 5.75 Å². The Morgan fingerprint density at radius 3 is 2.85 bits per heavy atom. The molecule has 108 valence electrons. The second kappa shape index (κ2) is 6.13. The van der Waals surface area contributed by atoms with Crippen molar-refractivity contribution in [3.63, 3.8) is 0 Å². The number of piperidine rings is 1. The van der Waals surface area contributed by atoms with Gasteiger partial charge >= 0.3 is 0 Å². The Balaban J connectivity index is 2.30. The summed E-state index contributed by atoms with van der Waals surface area (Å²) in [6.45, 7) is 0.523. The van der Waals surface area contributed by atoms with Gasteiger partial charge in [-0.15, -0.1) is 0 Å². The highest BCUT2D eigenvalue weighted by molar-refractivity contribution is 9.10. The van der Waals surface area contributed by atoms with E-state index >= 15 is 0 Å². The van der Waals surface area contributed by atoms with Crippen molar-refractivity contribution in [3.8, 4) is 5.75 Å². The summed E-state index contributed by atoms with van der Waals surface area (Å²) in [5.41, 5.74) is 5.87. The normalized spacial score (nSPS) is 19.9. The molecule has 20 heavy (non-hydrogen) atoms.